The van der Waals surface area contributed by atoms with E-state index in [4.69, 9.17) is 4.65 Å². The number of thiophene rings is 1. The molecule has 1 aromatic carbocycles. The fourth-order valence-corrected chi connectivity index (χ4v) is 4.86. The van der Waals surface area contributed by atoms with E-state index in [1.807, 2.05) is 25.2 Å². The summed E-state index contributed by atoms with van der Waals surface area (Å²) in [6.07, 6.45) is 0. The molecule has 5 heteroatoms. The predicted molar refractivity (Wildman–Crippen MR) is 102 cm³/mol. The van der Waals surface area contributed by atoms with Gasteiger partial charge < -0.3 is 9.76 Å². The van der Waals surface area contributed by atoms with Crippen LogP contribution in [0.5, 0.6) is 0 Å². The molecule has 1 heterocycles. The lowest BCUT2D eigenvalue weighted by molar-refractivity contribution is -0.0893. The maximum absolute atomic E-state index is 10.1. The summed E-state index contributed by atoms with van der Waals surface area (Å²) in [4.78, 5) is 0. The zero-order valence-corrected chi connectivity index (χ0v) is 16.5. The summed E-state index contributed by atoms with van der Waals surface area (Å²) >= 11 is 1.89. The lowest BCUT2D eigenvalue weighted by atomic mass is 9.82. The van der Waals surface area contributed by atoms with Crippen molar-refractivity contribution in [3.05, 3.63) is 24.3 Å². The van der Waals surface area contributed by atoms with E-state index in [1.54, 1.807) is 21.3 Å². The third kappa shape index (κ3) is 3.82. The van der Waals surface area contributed by atoms with Gasteiger partial charge in [-0.2, -0.15) is 0 Å². The van der Waals surface area contributed by atoms with Crippen molar-refractivity contribution in [1.82, 2.24) is 0 Å². The summed E-state index contributed by atoms with van der Waals surface area (Å²) < 4.78 is 8.67. The lowest BCUT2D eigenvalue weighted by Gasteiger charge is -2.37. The summed E-state index contributed by atoms with van der Waals surface area (Å²) in [7, 11) is 0.492. The molecule has 0 fully saturated rings. The first kappa shape index (κ1) is 17.7. The van der Waals surface area contributed by atoms with Crippen LogP contribution >= 0.6 is 11.3 Å². The molecular weight excluding hydrogens is 307 g/mol. The van der Waals surface area contributed by atoms with E-state index in [2.05, 4.69) is 43.9 Å². The maximum atomic E-state index is 10.1. The second-order valence-corrected chi connectivity index (χ2v) is 14.4. The average molecular weight is 333 g/mol. The Balaban J connectivity index is 2.20. The second kappa shape index (κ2) is 5.78. The molecule has 0 amide bonds. The molecule has 0 bridgehead atoms. The largest absolute Gasteiger partial charge is 0.427 e. The molecule has 1 radical (unpaired) electrons. The van der Waals surface area contributed by atoms with Crippen LogP contribution in [0, 0.1) is 0 Å². The molecule has 0 spiro atoms. The fraction of sp³-hybridized carbons (Fsp3) is 0.529. The quantitative estimate of drug-likeness (QED) is 0.851. The van der Waals surface area contributed by atoms with E-state index < -0.39 is 19.3 Å². The molecule has 119 valence electrons. The van der Waals surface area contributed by atoms with Crippen molar-refractivity contribution >= 4 is 46.9 Å². The van der Waals surface area contributed by atoms with Crippen LogP contribution in [0.1, 0.15) is 27.7 Å². The van der Waals surface area contributed by atoms with Crippen molar-refractivity contribution in [2.24, 2.45) is 0 Å². The molecule has 0 aliphatic heterocycles. The standard InChI is InChI=1S/C17H26BO2SSi/c1-16(2,19)17(3,4)20-18-13-9-8-12-10-15(22(5,6)7)21-14(12)11-13/h8-11,19H,1-7H3. The molecule has 0 saturated carbocycles. The van der Waals surface area contributed by atoms with E-state index in [0.717, 1.165) is 5.46 Å². The van der Waals surface area contributed by atoms with Gasteiger partial charge in [0.2, 0.25) is 0 Å². The topological polar surface area (TPSA) is 29.5 Å². The van der Waals surface area contributed by atoms with Crippen molar-refractivity contribution in [2.75, 3.05) is 0 Å². The Morgan fingerprint density at radius 1 is 1.09 bits per heavy atom. The number of hydrogen-bond donors (Lipinski definition) is 1. The molecule has 0 aliphatic carbocycles. The van der Waals surface area contributed by atoms with Gasteiger partial charge in [0.05, 0.1) is 19.3 Å². The first-order chi connectivity index (χ1) is 9.90. The van der Waals surface area contributed by atoms with Gasteiger partial charge in [-0.15, -0.1) is 11.3 Å². The predicted octanol–water partition coefficient (Wildman–Crippen LogP) is 3.26. The molecule has 2 nitrogen and oxygen atoms in total. The van der Waals surface area contributed by atoms with Gasteiger partial charge in [-0.1, -0.05) is 37.2 Å². The Morgan fingerprint density at radius 2 is 1.73 bits per heavy atom. The van der Waals surface area contributed by atoms with Gasteiger partial charge in [0.1, 0.15) is 0 Å². The molecule has 22 heavy (non-hydrogen) atoms. The van der Waals surface area contributed by atoms with E-state index >= 15 is 0 Å². The number of aliphatic hydroxyl groups is 1. The van der Waals surface area contributed by atoms with Gasteiger partial charge in [-0.05, 0) is 49.7 Å². The molecule has 0 unspecified atom stereocenters. The third-order valence-electron chi connectivity index (χ3n) is 4.25. The Hall–Kier alpha value is -0.618. The van der Waals surface area contributed by atoms with Crippen molar-refractivity contribution in [1.29, 1.82) is 0 Å². The molecule has 0 aliphatic rings. The van der Waals surface area contributed by atoms with E-state index in [9.17, 15) is 5.11 Å². The number of benzene rings is 1. The van der Waals surface area contributed by atoms with Crippen molar-refractivity contribution < 1.29 is 9.76 Å². The minimum Gasteiger partial charge on any atom is -0.427 e. The minimum absolute atomic E-state index is 0.638. The smallest absolute Gasteiger partial charge is 0.330 e. The summed E-state index contributed by atoms with van der Waals surface area (Å²) in [6.45, 7) is 14.5. The van der Waals surface area contributed by atoms with E-state index in [-0.39, 0.29) is 0 Å². The summed E-state index contributed by atoms with van der Waals surface area (Å²) in [6, 6.07) is 8.73. The molecule has 1 aromatic heterocycles. The lowest BCUT2D eigenvalue weighted by Crippen LogP contribution is -2.49. The van der Waals surface area contributed by atoms with Gasteiger partial charge in [0.25, 0.3) is 0 Å². The van der Waals surface area contributed by atoms with Crippen LogP contribution in [0.15, 0.2) is 24.3 Å². The highest BCUT2D eigenvalue weighted by molar-refractivity contribution is 7.31. The zero-order chi connectivity index (χ0) is 16.8. The Morgan fingerprint density at radius 3 is 2.27 bits per heavy atom. The molecule has 0 saturated heterocycles. The molecular formula is C17H26BO2SSi. The SMILES string of the molecule is CC(C)(O)C(C)(C)O[B]c1ccc2cc([Si](C)(C)C)sc2c1. The van der Waals surface area contributed by atoms with Crippen LogP contribution in [-0.2, 0) is 4.65 Å². The number of fused-ring (bicyclic) bond motifs is 1. The molecule has 2 aromatic rings. The highest BCUT2D eigenvalue weighted by Gasteiger charge is 2.35. The molecule has 0 atom stereocenters. The van der Waals surface area contributed by atoms with Crippen molar-refractivity contribution in [2.45, 2.75) is 58.5 Å². The van der Waals surface area contributed by atoms with Gasteiger partial charge >= 0.3 is 7.48 Å². The van der Waals surface area contributed by atoms with Gasteiger partial charge in [-0.3, -0.25) is 0 Å². The third-order valence-corrected chi connectivity index (χ3v) is 8.92. The van der Waals surface area contributed by atoms with Crippen LogP contribution < -0.4 is 9.96 Å². The van der Waals surface area contributed by atoms with Gasteiger partial charge in [0, 0.05) is 4.70 Å². The molecule has 2 rings (SSSR count). The zero-order valence-electron chi connectivity index (χ0n) is 14.7. The highest BCUT2D eigenvalue weighted by Crippen LogP contribution is 2.25. The maximum Gasteiger partial charge on any atom is 0.330 e. The Labute approximate surface area is 139 Å². The second-order valence-electron chi connectivity index (χ2n) is 7.96. The van der Waals surface area contributed by atoms with Crippen LogP contribution in [-0.4, -0.2) is 31.9 Å². The summed E-state index contributed by atoms with van der Waals surface area (Å²) in [5.41, 5.74) is -0.503. The van der Waals surface area contributed by atoms with E-state index in [1.165, 1.54) is 14.6 Å². The normalized spacial score (nSPS) is 13.6. The van der Waals surface area contributed by atoms with Crippen LogP contribution in [0.4, 0.5) is 0 Å². The summed E-state index contributed by atoms with van der Waals surface area (Å²) in [5, 5.41) is 11.5. The first-order valence-electron chi connectivity index (χ1n) is 7.68. The van der Waals surface area contributed by atoms with Crippen LogP contribution in [0.3, 0.4) is 0 Å². The highest BCUT2D eigenvalue weighted by atomic mass is 32.1. The van der Waals surface area contributed by atoms with Crippen LogP contribution in [0.2, 0.25) is 19.6 Å². The Bertz CT molecular complexity index is 665. The monoisotopic (exact) mass is 333 g/mol. The first-order valence-corrected chi connectivity index (χ1v) is 12.0. The fourth-order valence-electron chi connectivity index (χ4n) is 1.85. The molecule has 1 N–H and O–H groups in total. The van der Waals surface area contributed by atoms with Gasteiger partial charge in [-0.25, -0.2) is 0 Å². The number of hydrogen-bond acceptors (Lipinski definition) is 3. The Kier molecular flexibility index (Phi) is 4.66. The van der Waals surface area contributed by atoms with Gasteiger partial charge in [0.15, 0.2) is 0 Å². The van der Waals surface area contributed by atoms with Crippen LogP contribution in [0.25, 0.3) is 10.1 Å². The average Bonchev–Trinajstić information content (AvgIpc) is 2.78. The number of rotatable bonds is 5. The van der Waals surface area contributed by atoms with E-state index in [0.29, 0.717) is 0 Å². The van der Waals surface area contributed by atoms with Crippen molar-refractivity contribution in [3.8, 4) is 0 Å². The van der Waals surface area contributed by atoms with Crippen molar-refractivity contribution in [3.63, 3.8) is 0 Å². The summed E-state index contributed by atoms with van der Waals surface area (Å²) in [5.74, 6) is 0. The minimum atomic E-state index is -1.26.